The molecule has 1 aromatic heterocycles. The minimum atomic E-state index is -0.156. The van der Waals surface area contributed by atoms with Crippen LogP contribution in [0.3, 0.4) is 0 Å². The number of hydrogen-bond acceptors (Lipinski definition) is 3. The first kappa shape index (κ1) is 30.9. The van der Waals surface area contributed by atoms with Crippen molar-refractivity contribution in [1.82, 2.24) is 4.98 Å². The third-order valence-electron chi connectivity index (χ3n) is 10.7. The van der Waals surface area contributed by atoms with Gasteiger partial charge in [-0.3, -0.25) is 4.90 Å². The van der Waals surface area contributed by atoms with E-state index >= 15 is 0 Å². The van der Waals surface area contributed by atoms with Gasteiger partial charge in [-0.1, -0.05) is 124 Å². The standard InChI is InChI=1S/C46H43N3/c1-6-35(30-42-32(3)38-16-10-11-17-41(38)46(42,4)5)48(45-18-12-13-27-47-45)37-23-20-33(21-24-37)34-22-26-43-40(29-34)39-25-19-31(2)28-44(39)49(43)36-14-8-7-9-15-36/h6-27,29-31,40,43H,3,28H2,1-2,4-5H3/b35-6+,42-30+. The number of anilines is 3. The molecule has 0 saturated heterocycles. The first-order valence-corrected chi connectivity index (χ1v) is 17.5. The summed E-state index contributed by atoms with van der Waals surface area (Å²) in [5, 5.41) is 0. The van der Waals surface area contributed by atoms with E-state index in [1.807, 2.05) is 12.3 Å². The molecule has 0 saturated carbocycles. The fourth-order valence-electron chi connectivity index (χ4n) is 8.23. The molecule has 0 fully saturated rings. The molecule has 3 atom stereocenters. The van der Waals surface area contributed by atoms with Gasteiger partial charge in [0.25, 0.3) is 0 Å². The Morgan fingerprint density at radius 3 is 2.39 bits per heavy atom. The van der Waals surface area contributed by atoms with Gasteiger partial charge in [0, 0.05) is 40.3 Å². The number of allylic oxidation sites excluding steroid dienone is 9. The van der Waals surface area contributed by atoms with Crippen molar-refractivity contribution in [1.29, 1.82) is 0 Å². The summed E-state index contributed by atoms with van der Waals surface area (Å²) in [6.45, 7) is 13.6. The van der Waals surface area contributed by atoms with Crippen LogP contribution in [-0.4, -0.2) is 11.0 Å². The summed E-state index contributed by atoms with van der Waals surface area (Å²) in [7, 11) is 0. The van der Waals surface area contributed by atoms with Gasteiger partial charge < -0.3 is 4.90 Å². The predicted octanol–water partition coefficient (Wildman–Crippen LogP) is 11.4. The molecule has 4 aromatic rings. The van der Waals surface area contributed by atoms with E-state index in [2.05, 4.69) is 178 Å². The molecule has 0 amide bonds. The Kier molecular flexibility index (Phi) is 7.72. The maximum Gasteiger partial charge on any atom is 0.137 e. The van der Waals surface area contributed by atoms with Crippen molar-refractivity contribution < 1.29 is 0 Å². The first-order chi connectivity index (χ1) is 23.8. The maximum atomic E-state index is 4.81. The van der Waals surface area contributed by atoms with Crippen molar-refractivity contribution in [3.63, 3.8) is 0 Å². The Labute approximate surface area is 291 Å². The topological polar surface area (TPSA) is 19.4 Å². The predicted molar refractivity (Wildman–Crippen MR) is 206 cm³/mol. The maximum absolute atomic E-state index is 4.81. The minimum Gasteiger partial charge on any atom is -0.337 e. The lowest BCUT2D eigenvalue weighted by Crippen LogP contribution is -2.33. The number of para-hydroxylation sites is 1. The Balaban J connectivity index is 1.14. The summed E-state index contributed by atoms with van der Waals surface area (Å²) in [5.74, 6) is 1.73. The molecule has 0 bridgehead atoms. The zero-order valence-electron chi connectivity index (χ0n) is 28.8. The molecule has 1 aliphatic heterocycles. The van der Waals surface area contributed by atoms with Crippen LogP contribution >= 0.6 is 0 Å². The minimum absolute atomic E-state index is 0.156. The number of fused-ring (bicyclic) bond motifs is 3. The Morgan fingerprint density at radius 1 is 0.898 bits per heavy atom. The van der Waals surface area contributed by atoms with E-state index in [0.717, 1.165) is 29.2 Å². The van der Waals surface area contributed by atoms with Crippen LogP contribution in [0.1, 0.15) is 50.8 Å². The van der Waals surface area contributed by atoms with Gasteiger partial charge in [-0.15, -0.1) is 0 Å². The summed E-state index contributed by atoms with van der Waals surface area (Å²) < 4.78 is 0. The van der Waals surface area contributed by atoms with E-state index in [4.69, 9.17) is 4.98 Å². The van der Waals surface area contributed by atoms with Gasteiger partial charge in [-0.2, -0.15) is 0 Å². The van der Waals surface area contributed by atoms with Gasteiger partial charge in [0.05, 0.1) is 6.04 Å². The molecule has 8 rings (SSSR count). The third kappa shape index (κ3) is 5.25. The Morgan fingerprint density at radius 2 is 1.65 bits per heavy atom. The van der Waals surface area contributed by atoms with Crippen LogP contribution in [0.2, 0.25) is 0 Å². The van der Waals surface area contributed by atoms with Crippen LogP contribution in [0.5, 0.6) is 0 Å². The zero-order chi connectivity index (χ0) is 33.7. The van der Waals surface area contributed by atoms with E-state index in [9.17, 15) is 0 Å². The molecule has 0 N–H and O–H groups in total. The highest BCUT2D eigenvalue weighted by molar-refractivity contribution is 5.89. The molecule has 3 aromatic carbocycles. The number of nitrogens with zero attached hydrogens (tertiary/aromatic N) is 3. The van der Waals surface area contributed by atoms with Crippen molar-refractivity contribution in [2.24, 2.45) is 11.8 Å². The Bertz CT molecular complexity index is 2110. The second-order valence-electron chi connectivity index (χ2n) is 14.1. The van der Waals surface area contributed by atoms with Crippen LogP contribution in [0, 0.1) is 11.8 Å². The molecule has 49 heavy (non-hydrogen) atoms. The van der Waals surface area contributed by atoms with Crippen molar-refractivity contribution in [3.05, 3.63) is 192 Å². The molecule has 3 aliphatic carbocycles. The van der Waals surface area contributed by atoms with Gasteiger partial charge in [0.1, 0.15) is 5.82 Å². The lowest BCUT2D eigenvalue weighted by molar-refractivity contribution is 0.660. The summed E-state index contributed by atoms with van der Waals surface area (Å²) in [5.41, 5.74) is 13.5. The van der Waals surface area contributed by atoms with Crippen molar-refractivity contribution in [3.8, 4) is 0 Å². The van der Waals surface area contributed by atoms with Crippen LogP contribution < -0.4 is 9.80 Å². The van der Waals surface area contributed by atoms with Gasteiger partial charge in [-0.25, -0.2) is 4.98 Å². The van der Waals surface area contributed by atoms with E-state index in [0.29, 0.717) is 11.8 Å². The van der Waals surface area contributed by atoms with Crippen molar-refractivity contribution >= 4 is 28.3 Å². The highest BCUT2D eigenvalue weighted by Crippen LogP contribution is 2.50. The normalized spacial score (nSPS) is 23.0. The molecule has 4 aliphatic rings. The van der Waals surface area contributed by atoms with Crippen molar-refractivity contribution in [2.45, 2.75) is 45.6 Å². The fourth-order valence-corrected chi connectivity index (χ4v) is 8.23. The summed E-state index contributed by atoms with van der Waals surface area (Å²) in [4.78, 5) is 9.64. The molecule has 3 unspecified atom stereocenters. The van der Waals surface area contributed by atoms with Crippen LogP contribution in [0.4, 0.5) is 17.2 Å². The molecule has 3 nitrogen and oxygen atoms in total. The van der Waals surface area contributed by atoms with Gasteiger partial charge in [0.15, 0.2) is 0 Å². The van der Waals surface area contributed by atoms with E-state index in [1.54, 1.807) is 0 Å². The van der Waals surface area contributed by atoms with Gasteiger partial charge in [-0.05, 0) is 101 Å². The highest BCUT2D eigenvalue weighted by Gasteiger charge is 2.41. The lowest BCUT2D eigenvalue weighted by atomic mass is 9.82. The molecule has 0 spiro atoms. The molecule has 2 heterocycles. The van der Waals surface area contributed by atoms with Crippen LogP contribution in [-0.2, 0) is 5.41 Å². The van der Waals surface area contributed by atoms with E-state index in [1.165, 1.54) is 44.8 Å². The number of hydrogen-bond donors (Lipinski definition) is 0. The van der Waals surface area contributed by atoms with Crippen LogP contribution in [0.15, 0.2) is 175 Å². The van der Waals surface area contributed by atoms with Gasteiger partial charge >= 0.3 is 0 Å². The monoisotopic (exact) mass is 637 g/mol. The number of benzene rings is 3. The molecule has 3 heteroatoms. The quantitative estimate of drug-likeness (QED) is 0.210. The highest BCUT2D eigenvalue weighted by atomic mass is 15.2. The number of rotatable bonds is 6. The SMILES string of the molecule is C=C1/C(=C\C(=C/C)N(c2ccc(C3=CC4C5=C(CC(C)C=C5)N(c5ccccc5)C4C=C3)cc2)c2ccccn2)C(C)(C)c2ccccc21. The Hall–Kier alpha value is -5.41. The molecule has 242 valence electrons. The summed E-state index contributed by atoms with van der Waals surface area (Å²) in [6, 6.07) is 34.9. The van der Waals surface area contributed by atoms with E-state index < -0.39 is 0 Å². The van der Waals surface area contributed by atoms with E-state index in [-0.39, 0.29) is 11.5 Å². The van der Waals surface area contributed by atoms with Crippen molar-refractivity contribution in [2.75, 3.05) is 9.80 Å². The zero-order valence-corrected chi connectivity index (χ0v) is 28.8. The summed E-state index contributed by atoms with van der Waals surface area (Å²) in [6.07, 6.45) is 19.4. The lowest BCUT2D eigenvalue weighted by Gasteiger charge is -2.32. The third-order valence-corrected chi connectivity index (χ3v) is 10.7. The number of aromatic nitrogens is 1. The summed E-state index contributed by atoms with van der Waals surface area (Å²) >= 11 is 0. The largest absolute Gasteiger partial charge is 0.337 e. The molecule has 0 radical (unpaired) electrons. The first-order valence-electron chi connectivity index (χ1n) is 17.5. The fraction of sp³-hybridized carbons (Fsp3) is 0.196. The average molecular weight is 638 g/mol. The molecular formula is C46H43N3. The van der Waals surface area contributed by atoms with Crippen LogP contribution in [0.25, 0.3) is 11.1 Å². The van der Waals surface area contributed by atoms with Gasteiger partial charge in [0.2, 0.25) is 0 Å². The smallest absolute Gasteiger partial charge is 0.137 e. The second-order valence-corrected chi connectivity index (χ2v) is 14.1. The second kappa shape index (κ2) is 12.2. The molecular weight excluding hydrogens is 595 g/mol. The number of pyridine rings is 1. The average Bonchev–Trinajstić information content (AvgIpc) is 3.55.